The second kappa shape index (κ2) is 28.9. The topological polar surface area (TPSA) is 252 Å². The van der Waals surface area contributed by atoms with Gasteiger partial charge in [-0.2, -0.15) is 0 Å². The molecule has 298 valence electrons. The van der Waals surface area contributed by atoms with Crippen LogP contribution in [0.5, 0.6) is 0 Å². The molecule has 18 heteroatoms. The van der Waals surface area contributed by atoms with Crippen molar-refractivity contribution in [3.05, 3.63) is 29.8 Å². The minimum atomic E-state index is -0.994. The van der Waals surface area contributed by atoms with Crippen LogP contribution in [-0.2, 0) is 59.1 Å². The van der Waals surface area contributed by atoms with Crippen molar-refractivity contribution in [1.29, 1.82) is 0 Å². The van der Waals surface area contributed by atoms with Gasteiger partial charge < -0.3 is 60.8 Å². The van der Waals surface area contributed by atoms with E-state index in [1.54, 1.807) is 38.1 Å². The van der Waals surface area contributed by atoms with Gasteiger partial charge in [0.2, 0.25) is 23.6 Å². The molecule has 2 atom stereocenters. The molecule has 0 aliphatic heterocycles. The van der Waals surface area contributed by atoms with Crippen LogP contribution in [0.2, 0.25) is 0 Å². The summed E-state index contributed by atoms with van der Waals surface area (Å²) in [7, 11) is 0. The van der Waals surface area contributed by atoms with Gasteiger partial charge in [0.05, 0.1) is 52.9 Å². The fourth-order valence-electron chi connectivity index (χ4n) is 4.44. The van der Waals surface area contributed by atoms with Gasteiger partial charge in [0, 0.05) is 38.0 Å². The van der Waals surface area contributed by atoms with E-state index >= 15 is 0 Å². The first-order chi connectivity index (χ1) is 25.4. The molecule has 0 saturated heterocycles. The Balaban J connectivity index is 2.36. The first-order valence-electron chi connectivity index (χ1n) is 17.6. The summed E-state index contributed by atoms with van der Waals surface area (Å²) >= 11 is 0. The number of carbonyl (C=O) groups excluding carboxylic acids is 7. The van der Waals surface area contributed by atoms with Crippen LogP contribution in [0.4, 0.5) is 10.5 Å². The summed E-state index contributed by atoms with van der Waals surface area (Å²) in [5.41, 5.74) is 6.29. The van der Waals surface area contributed by atoms with Gasteiger partial charge in [0.25, 0.3) is 6.47 Å². The minimum absolute atomic E-state index is 0.00170. The molecule has 0 saturated carbocycles. The van der Waals surface area contributed by atoms with Crippen molar-refractivity contribution in [2.24, 2.45) is 11.7 Å². The van der Waals surface area contributed by atoms with Crippen LogP contribution in [0.3, 0.4) is 0 Å². The number of anilines is 1. The van der Waals surface area contributed by atoms with Gasteiger partial charge in [-0.25, -0.2) is 4.79 Å². The number of urea groups is 1. The van der Waals surface area contributed by atoms with Crippen LogP contribution < -0.4 is 32.3 Å². The summed E-state index contributed by atoms with van der Waals surface area (Å²) < 4.78 is 26.4. The van der Waals surface area contributed by atoms with Crippen LogP contribution in [0, 0.1) is 5.92 Å². The molecule has 7 N–H and O–H groups in total. The van der Waals surface area contributed by atoms with Gasteiger partial charge in [-0.05, 0) is 43.4 Å². The molecule has 0 spiro atoms. The van der Waals surface area contributed by atoms with E-state index in [-0.39, 0.29) is 69.7 Å². The zero-order valence-corrected chi connectivity index (χ0v) is 30.9. The number of rotatable bonds is 31. The summed E-state index contributed by atoms with van der Waals surface area (Å²) in [5, 5.41) is 13.3. The number of nitrogens with two attached hydrogens (primary N) is 1. The first-order valence-corrected chi connectivity index (χ1v) is 17.6. The molecule has 1 rings (SSSR count). The fraction of sp³-hybridized carbons (Fsp3) is 0.629. The number of hydrogen-bond acceptors (Lipinski definition) is 12. The maximum absolute atomic E-state index is 13.3. The monoisotopic (exact) mass is 752 g/mol. The van der Waals surface area contributed by atoms with E-state index in [4.69, 9.17) is 29.4 Å². The predicted octanol–water partition coefficient (Wildman–Crippen LogP) is 0.314. The van der Waals surface area contributed by atoms with E-state index < -0.39 is 35.8 Å². The second-order valence-electron chi connectivity index (χ2n) is 12.1. The van der Waals surface area contributed by atoms with E-state index in [9.17, 15) is 33.6 Å². The average molecular weight is 753 g/mol. The SMILES string of the molecule is CC(=O)CCC(=O)NCCOCCOCCOCCOCCC(=O)N[C@H](C(=O)N[C@@H](CCCNC(N)=O)C(=O)Nc1ccc(COC=O)cc1)C(C)C. The van der Waals surface area contributed by atoms with Crippen LogP contribution in [0.15, 0.2) is 24.3 Å². The number of benzene rings is 1. The highest BCUT2D eigenvalue weighted by molar-refractivity contribution is 5.98. The highest BCUT2D eigenvalue weighted by Gasteiger charge is 2.28. The quantitative estimate of drug-likeness (QED) is 0.0443. The van der Waals surface area contributed by atoms with Crippen LogP contribution in [-0.4, -0.2) is 120 Å². The number of carbonyl (C=O) groups is 7. The molecule has 0 fully saturated rings. The highest BCUT2D eigenvalue weighted by atomic mass is 16.6. The van der Waals surface area contributed by atoms with Gasteiger partial charge in [-0.1, -0.05) is 26.0 Å². The summed E-state index contributed by atoms with van der Waals surface area (Å²) in [5.74, 6) is -1.98. The summed E-state index contributed by atoms with van der Waals surface area (Å²) in [6, 6.07) is 3.97. The molecule has 1 aromatic rings. The molecule has 1 aromatic carbocycles. The third kappa shape index (κ3) is 24.3. The number of nitrogens with one attached hydrogen (secondary N) is 5. The standard InChI is InChI=1S/C35H56N6O12/c1-25(2)32(34(47)40-29(5-4-13-38-35(36)48)33(46)39-28-9-7-27(8-10-28)23-53-24-42)41-31(45)12-15-49-17-19-51-21-22-52-20-18-50-16-14-37-30(44)11-6-26(3)43/h7-10,24-25,29,32H,4-6,11-23H2,1-3H3,(H,37,44)(H,39,46)(H,40,47)(H,41,45)(H3,36,38,48)/t29-,32-/m0/s1. The van der Waals surface area contributed by atoms with E-state index in [0.29, 0.717) is 70.3 Å². The van der Waals surface area contributed by atoms with Gasteiger partial charge in [-0.15, -0.1) is 0 Å². The Labute approximate surface area is 310 Å². The number of hydrogen-bond donors (Lipinski definition) is 6. The van der Waals surface area contributed by atoms with E-state index in [1.165, 1.54) is 6.92 Å². The van der Waals surface area contributed by atoms with Gasteiger partial charge in [-0.3, -0.25) is 24.0 Å². The smallest absolute Gasteiger partial charge is 0.312 e. The molecule has 0 bridgehead atoms. The number of amides is 6. The van der Waals surface area contributed by atoms with Crippen molar-refractivity contribution in [2.45, 2.75) is 71.6 Å². The predicted molar refractivity (Wildman–Crippen MR) is 192 cm³/mol. The molecule has 0 unspecified atom stereocenters. The minimum Gasteiger partial charge on any atom is -0.463 e. The van der Waals surface area contributed by atoms with Gasteiger partial charge in [0.1, 0.15) is 24.5 Å². The Morgan fingerprint density at radius 1 is 0.717 bits per heavy atom. The van der Waals surface area contributed by atoms with Crippen molar-refractivity contribution in [3.8, 4) is 0 Å². The van der Waals surface area contributed by atoms with Gasteiger partial charge in [0.15, 0.2) is 0 Å². The largest absolute Gasteiger partial charge is 0.463 e. The second-order valence-corrected chi connectivity index (χ2v) is 12.1. The van der Waals surface area contributed by atoms with Crippen molar-refractivity contribution in [3.63, 3.8) is 0 Å². The molecular weight excluding hydrogens is 696 g/mol. The molecular formula is C35H56N6O12. The Morgan fingerprint density at radius 3 is 1.89 bits per heavy atom. The lowest BCUT2D eigenvalue weighted by Gasteiger charge is -2.25. The molecule has 6 amide bonds. The summed E-state index contributed by atoms with van der Waals surface area (Å²) in [6.45, 7) is 8.33. The molecule has 0 radical (unpaired) electrons. The van der Waals surface area contributed by atoms with Crippen molar-refractivity contribution in [1.82, 2.24) is 21.3 Å². The first kappa shape index (κ1) is 46.4. The van der Waals surface area contributed by atoms with Crippen LogP contribution >= 0.6 is 0 Å². The Bertz CT molecular complexity index is 1260. The molecule has 0 aliphatic rings. The number of ketones is 1. The number of primary amides is 1. The molecule has 0 aliphatic carbocycles. The Kier molecular flexibility index (Phi) is 25.3. The molecule has 0 heterocycles. The maximum Gasteiger partial charge on any atom is 0.312 e. The third-order valence-corrected chi connectivity index (χ3v) is 7.27. The highest BCUT2D eigenvalue weighted by Crippen LogP contribution is 2.12. The summed E-state index contributed by atoms with van der Waals surface area (Å²) in [4.78, 5) is 83.1. The van der Waals surface area contributed by atoms with Crippen molar-refractivity contribution in [2.75, 3.05) is 71.3 Å². The van der Waals surface area contributed by atoms with Crippen molar-refractivity contribution >= 4 is 47.6 Å². The normalized spacial score (nSPS) is 11.9. The fourth-order valence-corrected chi connectivity index (χ4v) is 4.44. The lowest BCUT2D eigenvalue weighted by Crippen LogP contribution is -2.54. The molecule has 18 nitrogen and oxygen atoms in total. The van der Waals surface area contributed by atoms with Crippen LogP contribution in [0.1, 0.15) is 58.4 Å². The van der Waals surface area contributed by atoms with Crippen molar-refractivity contribution < 1.29 is 57.2 Å². The third-order valence-electron chi connectivity index (χ3n) is 7.27. The number of ether oxygens (including phenoxy) is 5. The maximum atomic E-state index is 13.3. The van der Waals surface area contributed by atoms with Crippen LogP contribution in [0.25, 0.3) is 0 Å². The molecule has 0 aromatic heterocycles. The molecule has 53 heavy (non-hydrogen) atoms. The zero-order chi connectivity index (χ0) is 39.3. The zero-order valence-electron chi connectivity index (χ0n) is 30.9. The van der Waals surface area contributed by atoms with Gasteiger partial charge >= 0.3 is 6.03 Å². The Morgan fingerprint density at radius 2 is 1.32 bits per heavy atom. The Hall–Kier alpha value is -4.65. The number of Topliss-reactive ketones (excluding diaryl/α,β-unsaturated/α-hetero) is 1. The summed E-state index contributed by atoms with van der Waals surface area (Å²) in [6.07, 6.45) is 0.904. The average Bonchev–Trinajstić information content (AvgIpc) is 3.11. The lowest BCUT2D eigenvalue weighted by molar-refractivity contribution is -0.132. The lowest BCUT2D eigenvalue weighted by atomic mass is 10.0. The van der Waals surface area contributed by atoms with E-state index in [0.717, 1.165) is 0 Å². The van der Waals surface area contributed by atoms with E-state index in [2.05, 4.69) is 26.6 Å². The van der Waals surface area contributed by atoms with E-state index in [1.807, 2.05) is 0 Å².